The normalized spacial score (nSPS) is 22.1. The van der Waals surface area contributed by atoms with E-state index in [4.69, 9.17) is 9.47 Å². The zero-order valence-corrected chi connectivity index (χ0v) is 11.7. The Bertz CT molecular complexity index is 505. The first-order valence-corrected chi connectivity index (χ1v) is 6.31. The van der Waals surface area contributed by atoms with Crippen molar-refractivity contribution in [3.8, 4) is 5.75 Å². The molecule has 0 aliphatic carbocycles. The van der Waals surface area contributed by atoms with Crippen LogP contribution in [0.1, 0.15) is 42.5 Å². The third kappa shape index (κ3) is 2.22. The molecule has 1 aromatic carbocycles. The van der Waals surface area contributed by atoms with Crippen LogP contribution in [0, 0.1) is 20.8 Å². The molecule has 0 spiro atoms. The van der Waals surface area contributed by atoms with Gasteiger partial charge in [0.25, 0.3) is 5.79 Å². The van der Waals surface area contributed by atoms with Gasteiger partial charge < -0.3 is 9.47 Å². The molecule has 0 aromatic heterocycles. The van der Waals surface area contributed by atoms with Crippen molar-refractivity contribution in [1.82, 2.24) is 0 Å². The summed E-state index contributed by atoms with van der Waals surface area (Å²) in [7, 11) is 0. The van der Waals surface area contributed by atoms with Crippen LogP contribution in [0.3, 0.4) is 0 Å². The average molecular weight is 248 g/mol. The summed E-state index contributed by atoms with van der Waals surface area (Å²) in [5.41, 5.74) is 4.83. The van der Waals surface area contributed by atoms with Gasteiger partial charge >= 0.3 is 5.97 Å². The zero-order valence-electron chi connectivity index (χ0n) is 11.7. The Kier molecular flexibility index (Phi) is 3.09. The number of hydrogen-bond acceptors (Lipinski definition) is 3. The van der Waals surface area contributed by atoms with Gasteiger partial charge in [0.2, 0.25) is 0 Å². The fourth-order valence-electron chi connectivity index (χ4n) is 2.55. The second-order valence-corrected chi connectivity index (χ2v) is 5.27. The lowest BCUT2D eigenvalue weighted by atomic mass is 9.92. The highest BCUT2D eigenvalue weighted by Crippen LogP contribution is 2.39. The molecular formula is C15H20O3. The number of fused-ring (bicyclic) bond motifs is 1. The van der Waals surface area contributed by atoms with E-state index in [1.165, 1.54) is 23.6 Å². The van der Waals surface area contributed by atoms with Crippen molar-refractivity contribution in [2.45, 2.75) is 53.2 Å². The van der Waals surface area contributed by atoms with Crippen molar-refractivity contribution in [3.63, 3.8) is 0 Å². The van der Waals surface area contributed by atoms with Gasteiger partial charge in [-0.05, 0) is 49.4 Å². The Hall–Kier alpha value is -1.51. The SMILES string of the molecule is CC(=O)OC1(C)CCc2c(C)cc(C)c(C)c2O1. The monoisotopic (exact) mass is 248 g/mol. The molecule has 1 unspecified atom stereocenters. The Labute approximate surface area is 108 Å². The smallest absolute Gasteiger partial charge is 0.305 e. The molecule has 1 aromatic rings. The first-order chi connectivity index (χ1) is 8.32. The molecule has 1 aliphatic heterocycles. The third-order valence-electron chi connectivity index (χ3n) is 3.62. The Morgan fingerprint density at radius 2 is 2.00 bits per heavy atom. The van der Waals surface area contributed by atoms with E-state index in [9.17, 15) is 4.79 Å². The summed E-state index contributed by atoms with van der Waals surface area (Å²) in [6, 6.07) is 2.19. The molecule has 1 heterocycles. The molecule has 0 saturated carbocycles. The summed E-state index contributed by atoms with van der Waals surface area (Å²) in [6.45, 7) is 9.47. The van der Waals surface area contributed by atoms with Gasteiger partial charge in [-0.2, -0.15) is 0 Å². The molecule has 18 heavy (non-hydrogen) atoms. The maximum atomic E-state index is 11.1. The number of carbonyl (C=O) groups excluding carboxylic acids is 1. The van der Waals surface area contributed by atoms with E-state index in [-0.39, 0.29) is 5.97 Å². The predicted octanol–water partition coefficient (Wildman–Crippen LogP) is 3.22. The topological polar surface area (TPSA) is 35.5 Å². The van der Waals surface area contributed by atoms with Gasteiger partial charge in [-0.1, -0.05) is 6.07 Å². The number of rotatable bonds is 1. The van der Waals surface area contributed by atoms with Crippen molar-refractivity contribution in [2.75, 3.05) is 0 Å². The quantitative estimate of drug-likeness (QED) is 0.716. The lowest BCUT2D eigenvalue weighted by Crippen LogP contribution is -2.41. The summed E-state index contributed by atoms with van der Waals surface area (Å²) >= 11 is 0. The molecule has 0 N–H and O–H groups in total. The van der Waals surface area contributed by atoms with Crippen LogP contribution >= 0.6 is 0 Å². The zero-order chi connectivity index (χ0) is 13.5. The van der Waals surface area contributed by atoms with E-state index in [1.807, 2.05) is 13.8 Å². The van der Waals surface area contributed by atoms with Crippen LogP contribution in [0.15, 0.2) is 6.07 Å². The average Bonchev–Trinajstić information content (AvgIpc) is 2.24. The minimum absolute atomic E-state index is 0.303. The second-order valence-electron chi connectivity index (χ2n) is 5.27. The highest BCUT2D eigenvalue weighted by atomic mass is 16.7. The van der Waals surface area contributed by atoms with Crippen LogP contribution in [-0.2, 0) is 16.0 Å². The highest BCUT2D eigenvalue weighted by Gasteiger charge is 2.36. The third-order valence-corrected chi connectivity index (χ3v) is 3.62. The van der Waals surface area contributed by atoms with Gasteiger partial charge in [-0.3, -0.25) is 4.79 Å². The van der Waals surface area contributed by atoms with Crippen LogP contribution < -0.4 is 4.74 Å². The van der Waals surface area contributed by atoms with Gasteiger partial charge in [0.15, 0.2) is 0 Å². The number of esters is 1. The van der Waals surface area contributed by atoms with E-state index < -0.39 is 5.79 Å². The van der Waals surface area contributed by atoms with Gasteiger partial charge in [-0.25, -0.2) is 0 Å². The van der Waals surface area contributed by atoms with E-state index >= 15 is 0 Å². The van der Waals surface area contributed by atoms with Crippen molar-refractivity contribution in [1.29, 1.82) is 0 Å². The molecule has 2 rings (SSSR count). The molecule has 0 saturated heterocycles. The maximum absolute atomic E-state index is 11.1. The fraction of sp³-hybridized carbons (Fsp3) is 0.533. The first-order valence-electron chi connectivity index (χ1n) is 6.31. The number of aryl methyl sites for hydroxylation is 2. The standard InChI is InChI=1S/C15H20O3/c1-9-8-10(2)13-6-7-15(5,17-12(4)16)18-14(13)11(9)3/h8H,6-7H2,1-5H3. The van der Waals surface area contributed by atoms with Crippen LogP contribution in [0.5, 0.6) is 5.75 Å². The van der Waals surface area contributed by atoms with Crippen LogP contribution in [-0.4, -0.2) is 11.8 Å². The summed E-state index contributed by atoms with van der Waals surface area (Å²) in [4.78, 5) is 11.1. The van der Waals surface area contributed by atoms with E-state index in [1.54, 1.807) is 0 Å². The van der Waals surface area contributed by atoms with Crippen LogP contribution in [0.25, 0.3) is 0 Å². The van der Waals surface area contributed by atoms with E-state index in [0.29, 0.717) is 6.42 Å². The molecule has 0 fully saturated rings. The van der Waals surface area contributed by atoms with Crippen LogP contribution in [0.2, 0.25) is 0 Å². The Morgan fingerprint density at radius 3 is 2.61 bits per heavy atom. The van der Waals surface area contributed by atoms with Gasteiger partial charge in [0, 0.05) is 20.3 Å². The van der Waals surface area contributed by atoms with Gasteiger partial charge in [0.1, 0.15) is 5.75 Å². The minimum Gasteiger partial charge on any atom is -0.452 e. The van der Waals surface area contributed by atoms with Crippen molar-refractivity contribution in [2.24, 2.45) is 0 Å². The molecule has 3 nitrogen and oxygen atoms in total. The maximum Gasteiger partial charge on any atom is 0.305 e. The van der Waals surface area contributed by atoms with Gasteiger partial charge in [-0.15, -0.1) is 0 Å². The molecular weight excluding hydrogens is 228 g/mol. The largest absolute Gasteiger partial charge is 0.452 e. The highest BCUT2D eigenvalue weighted by molar-refractivity contribution is 5.66. The summed E-state index contributed by atoms with van der Waals surface area (Å²) in [5, 5.41) is 0. The predicted molar refractivity (Wildman–Crippen MR) is 69.8 cm³/mol. The fourth-order valence-corrected chi connectivity index (χ4v) is 2.55. The minimum atomic E-state index is -0.830. The first kappa shape index (κ1) is 12.9. The summed E-state index contributed by atoms with van der Waals surface area (Å²) in [5.74, 6) is -0.241. The molecule has 1 aliphatic rings. The van der Waals surface area contributed by atoms with Crippen molar-refractivity contribution < 1.29 is 14.3 Å². The molecule has 3 heteroatoms. The molecule has 0 bridgehead atoms. The number of carbonyl (C=O) groups is 1. The van der Waals surface area contributed by atoms with Crippen molar-refractivity contribution >= 4 is 5.97 Å². The molecule has 0 amide bonds. The molecule has 1 atom stereocenters. The Morgan fingerprint density at radius 1 is 1.33 bits per heavy atom. The van der Waals surface area contributed by atoms with Crippen molar-refractivity contribution in [3.05, 3.63) is 28.3 Å². The Balaban J connectivity index is 2.42. The lowest BCUT2D eigenvalue weighted by molar-refractivity contribution is -0.194. The number of benzene rings is 1. The molecule has 0 radical (unpaired) electrons. The summed E-state index contributed by atoms with van der Waals surface area (Å²) in [6.07, 6.45) is 1.58. The molecule has 98 valence electrons. The number of ether oxygens (including phenoxy) is 2. The number of hydrogen-bond donors (Lipinski definition) is 0. The summed E-state index contributed by atoms with van der Waals surface area (Å²) < 4.78 is 11.3. The van der Waals surface area contributed by atoms with E-state index in [2.05, 4.69) is 19.9 Å². The van der Waals surface area contributed by atoms with E-state index in [0.717, 1.165) is 17.7 Å². The second kappa shape index (κ2) is 4.30. The lowest BCUT2D eigenvalue weighted by Gasteiger charge is -2.36. The van der Waals surface area contributed by atoms with Crippen LogP contribution in [0.4, 0.5) is 0 Å². The van der Waals surface area contributed by atoms with Gasteiger partial charge in [0.05, 0.1) is 0 Å².